The molecule has 0 N–H and O–H groups in total. The van der Waals surface area contributed by atoms with E-state index in [9.17, 15) is 13.6 Å². The number of rotatable bonds is 5. The molecule has 0 aliphatic carbocycles. The van der Waals surface area contributed by atoms with Crippen molar-refractivity contribution in [1.29, 1.82) is 5.26 Å². The van der Waals surface area contributed by atoms with Gasteiger partial charge in [0.1, 0.15) is 11.8 Å². The predicted molar refractivity (Wildman–Crippen MR) is 66.4 cm³/mol. The Bertz CT molecular complexity index is 514. The summed E-state index contributed by atoms with van der Waals surface area (Å²) < 4.78 is 33.7. The lowest BCUT2D eigenvalue weighted by molar-refractivity contribution is -0.0504. The summed E-state index contributed by atoms with van der Waals surface area (Å²) in [4.78, 5) is 11.8. The standard InChI is InChI=1S/C12H10BrF2NO3/c1-2-18-11(17)10-7(6-16)3-4-9(8(10)5-13)19-12(14)15/h3-4,12H,2,5H2,1H3. The molecule has 4 nitrogen and oxygen atoms in total. The molecular weight excluding hydrogens is 324 g/mol. The van der Waals surface area contributed by atoms with Gasteiger partial charge in [-0.25, -0.2) is 4.79 Å². The van der Waals surface area contributed by atoms with Gasteiger partial charge in [-0.1, -0.05) is 15.9 Å². The molecule has 19 heavy (non-hydrogen) atoms. The number of nitrogens with zero attached hydrogens (tertiary/aromatic N) is 1. The highest BCUT2D eigenvalue weighted by Gasteiger charge is 2.22. The average Bonchev–Trinajstić information content (AvgIpc) is 2.37. The summed E-state index contributed by atoms with van der Waals surface area (Å²) >= 11 is 3.09. The van der Waals surface area contributed by atoms with Crippen LogP contribution in [0.3, 0.4) is 0 Å². The number of hydrogen-bond donors (Lipinski definition) is 0. The van der Waals surface area contributed by atoms with Crippen molar-refractivity contribution in [3.8, 4) is 11.8 Å². The number of alkyl halides is 3. The van der Waals surface area contributed by atoms with Crippen LogP contribution in [-0.2, 0) is 10.1 Å². The van der Waals surface area contributed by atoms with E-state index in [0.717, 1.165) is 0 Å². The molecule has 1 rings (SSSR count). The Morgan fingerprint density at radius 2 is 2.21 bits per heavy atom. The van der Waals surface area contributed by atoms with Crippen molar-refractivity contribution in [3.63, 3.8) is 0 Å². The van der Waals surface area contributed by atoms with Crippen LogP contribution in [0.15, 0.2) is 12.1 Å². The first-order chi connectivity index (χ1) is 9.04. The quantitative estimate of drug-likeness (QED) is 0.613. The Hall–Kier alpha value is -1.68. The summed E-state index contributed by atoms with van der Waals surface area (Å²) in [5.41, 5.74) is 0.159. The first-order valence-corrected chi connectivity index (χ1v) is 6.41. The van der Waals surface area contributed by atoms with Crippen LogP contribution >= 0.6 is 15.9 Å². The molecule has 0 aromatic heterocycles. The van der Waals surface area contributed by atoms with E-state index < -0.39 is 12.6 Å². The van der Waals surface area contributed by atoms with Gasteiger partial charge in [0.15, 0.2) is 0 Å². The molecule has 0 aliphatic rings. The summed E-state index contributed by atoms with van der Waals surface area (Å²) in [6.45, 7) is -1.29. The van der Waals surface area contributed by atoms with Crippen molar-refractivity contribution < 1.29 is 23.0 Å². The second kappa shape index (κ2) is 7.04. The minimum absolute atomic E-state index is 0.0505. The third-order valence-electron chi connectivity index (χ3n) is 2.22. The van der Waals surface area contributed by atoms with Crippen LogP contribution in [0, 0.1) is 11.3 Å². The third-order valence-corrected chi connectivity index (χ3v) is 2.78. The minimum Gasteiger partial charge on any atom is -0.462 e. The van der Waals surface area contributed by atoms with Gasteiger partial charge < -0.3 is 9.47 Å². The molecule has 0 saturated carbocycles. The highest BCUT2D eigenvalue weighted by atomic mass is 79.9. The Kier molecular flexibility index (Phi) is 5.70. The Labute approximate surface area is 117 Å². The third kappa shape index (κ3) is 3.64. The number of ether oxygens (including phenoxy) is 2. The topological polar surface area (TPSA) is 59.3 Å². The van der Waals surface area contributed by atoms with Crippen LogP contribution in [0.2, 0.25) is 0 Å². The number of carbonyl (C=O) groups excluding carboxylic acids is 1. The van der Waals surface area contributed by atoms with Crippen LogP contribution in [0.25, 0.3) is 0 Å². The summed E-state index contributed by atoms with van der Waals surface area (Å²) in [5, 5.41) is 9.05. The van der Waals surface area contributed by atoms with Gasteiger partial charge in [0.25, 0.3) is 0 Å². The average molecular weight is 334 g/mol. The number of hydrogen-bond acceptors (Lipinski definition) is 4. The Morgan fingerprint density at radius 1 is 1.53 bits per heavy atom. The van der Waals surface area contributed by atoms with E-state index >= 15 is 0 Å². The second-order valence-electron chi connectivity index (χ2n) is 3.31. The van der Waals surface area contributed by atoms with E-state index in [4.69, 9.17) is 10.00 Å². The molecule has 1 aromatic rings. The minimum atomic E-state index is -3.01. The lowest BCUT2D eigenvalue weighted by Crippen LogP contribution is -2.13. The van der Waals surface area contributed by atoms with Crippen LogP contribution < -0.4 is 4.74 Å². The summed E-state index contributed by atoms with van der Waals surface area (Å²) in [7, 11) is 0. The molecule has 0 atom stereocenters. The van der Waals surface area contributed by atoms with Crippen LogP contribution in [-0.4, -0.2) is 19.2 Å². The van der Waals surface area contributed by atoms with Gasteiger partial charge in [0.05, 0.1) is 17.7 Å². The molecule has 0 fully saturated rings. The molecule has 0 unspecified atom stereocenters. The van der Waals surface area contributed by atoms with Crippen LogP contribution in [0.4, 0.5) is 8.78 Å². The fraction of sp³-hybridized carbons (Fsp3) is 0.333. The molecule has 102 valence electrons. The highest BCUT2D eigenvalue weighted by molar-refractivity contribution is 9.08. The van der Waals surface area contributed by atoms with Gasteiger partial charge in [-0.2, -0.15) is 14.0 Å². The second-order valence-corrected chi connectivity index (χ2v) is 3.87. The predicted octanol–water partition coefficient (Wildman–Crippen LogP) is 3.23. The molecule has 0 radical (unpaired) electrons. The molecule has 0 heterocycles. The lowest BCUT2D eigenvalue weighted by Gasteiger charge is -2.14. The lowest BCUT2D eigenvalue weighted by atomic mass is 10.0. The van der Waals surface area contributed by atoms with E-state index in [2.05, 4.69) is 20.7 Å². The van der Waals surface area contributed by atoms with Gasteiger partial charge in [-0.05, 0) is 19.1 Å². The fourth-order valence-corrected chi connectivity index (χ4v) is 2.05. The molecule has 1 aromatic carbocycles. The van der Waals surface area contributed by atoms with Crippen molar-refractivity contribution in [2.75, 3.05) is 6.61 Å². The zero-order valence-electron chi connectivity index (χ0n) is 9.95. The first-order valence-electron chi connectivity index (χ1n) is 5.29. The smallest absolute Gasteiger partial charge is 0.387 e. The highest BCUT2D eigenvalue weighted by Crippen LogP contribution is 2.29. The molecule has 0 aliphatic heterocycles. The maximum atomic E-state index is 12.3. The van der Waals surface area contributed by atoms with Gasteiger partial charge in [0, 0.05) is 10.9 Å². The first kappa shape index (κ1) is 15.4. The van der Waals surface area contributed by atoms with Crippen molar-refractivity contribution in [1.82, 2.24) is 0 Å². The normalized spacial score (nSPS) is 10.1. The molecule has 0 bridgehead atoms. The number of esters is 1. The molecule has 7 heteroatoms. The molecule has 0 spiro atoms. The maximum Gasteiger partial charge on any atom is 0.387 e. The Morgan fingerprint density at radius 3 is 2.68 bits per heavy atom. The summed E-state index contributed by atoms with van der Waals surface area (Å²) in [5.74, 6) is -0.901. The molecular formula is C12H10BrF2NO3. The summed E-state index contributed by atoms with van der Waals surface area (Å²) in [6, 6.07) is 4.30. The van der Waals surface area contributed by atoms with E-state index in [1.807, 2.05) is 6.07 Å². The van der Waals surface area contributed by atoms with E-state index in [0.29, 0.717) is 0 Å². The number of benzene rings is 1. The Balaban J connectivity index is 3.38. The maximum absolute atomic E-state index is 12.3. The van der Waals surface area contributed by atoms with Crippen LogP contribution in [0.5, 0.6) is 5.75 Å². The van der Waals surface area contributed by atoms with Crippen molar-refractivity contribution in [2.45, 2.75) is 18.9 Å². The fourth-order valence-electron chi connectivity index (χ4n) is 1.50. The van der Waals surface area contributed by atoms with Crippen molar-refractivity contribution >= 4 is 21.9 Å². The SMILES string of the molecule is CCOC(=O)c1c(C#N)ccc(OC(F)F)c1CBr. The number of nitriles is 1. The van der Waals surface area contributed by atoms with Gasteiger partial charge in [0.2, 0.25) is 0 Å². The molecule has 0 amide bonds. The molecule has 0 saturated heterocycles. The zero-order chi connectivity index (χ0) is 14.4. The monoisotopic (exact) mass is 333 g/mol. The largest absolute Gasteiger partial charge is 0.462 e. The van der Waals surface area contributed by atoms with Gasteiger partial charge in [-0.15, -0.1) is 0 Å². The van der Waals surface area contributed by atoms with Crippen molar-refractivity contribution in [2.24, 2.45) is 0 Å². The van der Waals surface area contributed by atoms with E-state index in [1.165, 1.54) is 12.1 Å². The van der Waals surface area contributed by atoms with E-state index in [1.54, 1.807) is 6.92 Å². The summed E-state index contributed by atoms with van der Waals surface area (Å²) in [6.07, 6.45) is 0. The van der Waals surface area contributed by atoms with Crippen LogP contribution in [0.1, 0.15) is 28.4 Å². The zero-order valence-corrected chi connectivity index (χ0v) is 11.5. The van der Waals surface area contributed by atoms with E-state index in [-0.39, 0.29) is 34.4 Å². The van der Waals surface area contributed by atoms with Gasteiger partial charge >= 0.3 is 12.6 Å². The van der Waals surface area contributed by atoms with Gasteiger partial charge in [-0.3, -0.25) is 0 Å². The number of carbonyl (C=O) groups is 1. The van der Waals surface area contributed by atoms with Crippen molar-refractivity contribution in [3.05, 3.63) is 28.8 Å². The number of halogens is 3.